The van der Waals surface area contributed by atoms with Crippen molar-refractivity contribution < 1.29 is 8.42 Å². The van der Waals surface area contributed by atoms with Crippen LogP contribution in [-0.2, 0) is 9.05 Å². The van der Waals surface area contributed by atoms with E-state index in [1.54, 1.807) is 12.1 Å². The molecule has 0 heterocycles. The number of fused-ring (bicyclic) bond motifs is 1. The molecule has 0 radical (unpaired) electrons. The van der Waals surface area contributed by atoms with Crippen molar-refractivity contribution in [3.63, 3.8) is 0 Å². The van der Waals surface area contributed by atoms with Gasteiger partial charge in [-0.2, -0.15) is 0 Å². The number of benzene rings is 2. The van der Waals surface area contributed by atoms with E-state index in [2.05, 4.69) is 15.9 Å². The molecule has 0 aromatic heterocycles. The molecular formula is C12H11BrClNO2S. The lowest BCUT2D eigenvalue weighted by molar-refractivity contribution is 0.610. The minimum Gasteiger partial charge on any atom is -0.376 e. The highest BCUT2D eigenvalue weighted by Gasteiger charge is 2.17. The zero-order valence-electron chi connectivity index (χ0n) is 9.81. The van der Waals surface area contributed by atoms with E-state index in [0.717, 1.165) is 15.5 Å². The molecule has 0 saturated carbocycles. The third kappa shape index (κ3) is 2.35. The van der Waals surface area contributed by atoms with E-state index < -0.39 is 9.05 Å². The zero-order chi connectivity index (χ0) is 13.5. The monoisotopic (exact) mass is 347 g/mol. The fraction of sp³-hybridized carbons (Fsp3) is 0.167. The lowest BCUT2D eigenvalue weighted by Crippen LogP contribution is -2.10. The Hall–Kier alpha value is -0.780. The minimum atomic E-state index is -3.75. The van der Waals surface area contributed by atoms with Gasteiger partial charge in [-0.25, -0.2) is 8.42 Å². The fourth-order valence-corrected chi connectivity index (χ4v) is 3.74. The Morgan fingerprint density at radius 3 is 2.33 bits per heavy atom. The first kappa shape index (κ1) is 13.6. The molecule has 0 bridgehead atoms. The molecule has 0 saturated heterocycles. The first-order valence-electron chi connectivity index (χ1n) is 5.15. The standard InChI is InChI=1S/C12H11BrClNO2S/c1-15(2)12-9-4-3-5-11(18(14,16)17)8(9)6-7-10(12)13/h3-7H,1-2H3. The van der Waals surface area contributed by atoms with Crippen molar-refractivity contribution in [2.45, 2.75) is 4.90 Å². The highest BCUT2D eigenvalue weighted by Crippen LogP contribution is 2.36. The summed E-state index contributed by atoms with van der Waals surface area (Å²) in [5.74, 6) is 0. The van der Waals surface area contributed by atoms with Gasteiger partial charge in [0.15, 0.2) is 0 Å². The molecule has 0 fully saturated rings. The molecule has 2 aromatic carbocycles. The van der Waals surface area contributed by atoms with Crippen LogP contribution < -0.4 is 4.90 Å². The number of hydrogen-bond acceptors (Lipinski definition) is 3. The van der Waals surface area contributed by atoms with Crippen molar-refractivity contribution in [3.05, 3.63) is 34.8 Å². The second-order valence-corrected chi connectivity index (χ2v) is 7.47. The Morgan fingerprint density at radius 2 is 1.78 bits per heavy atom. The molecule has 96 valence electrons. The maximum absolute atomic E-state index is 11.6. The molecule has 0 N–H and O–H groups in total. The van der Waals surface area contributed by atoms with E-state index >= 15 is 0 Å². The second kappa shape index (κ2) is 4.72. The Morgan fingerprint density at radius 1 is 1.11 bits per heavy atom. The number of rotatable bonds is 2. The van der Waals surface area contributed by atoms with Gasteiger partial charge in [0.25, 0.3) is 9.05 Å². The fourth-order valence-electron chi connectivity index (χ4n) is 1.95. The van der Waals surface area contributed by atoms with Crippen LogP contribution in [0, 0.1) is 0 Å². The van der Waals surface area contributed by atoms with Crippen LogP contribution in [0.1, 0.15) is 0 Å². The molecule has 2 rings (SSSR count). The topological polar surface area (TPSA) is 37.4 Å². The third-order valence-electron chi connectivity index (χ3n) is 2.65. The van der Waals surface area contributed by atoms with Gasteiger partial charge in [0, 0.05) is 40.0 Å². The van der Waals surface area contributed by atoms with E-state index in [1.807, 2.05) is 31.1 Å². The van der Waals surface area contributed by atoms with Gasteiger partial charge in [0.2, 0.25) is 0 Å². The van der Waals surface area contributed by atoms with Gasteiger partial charge in [-0.05, 0) is 28.1 Å². The molecule has 0 aliphatic heterocycles. The van der Waals surface area contributed by atoms with Gasteiger partial charge in [-0.15, -0.1) is 0 Å². The molecule has 6 heteroatoms. The van der Waals surface area contributed by atoms with Gasteiger partial charge in [-0.3, -0.25) is 0 Å². The van der Waals surface area contributed by atoms with Crippen LogP contribution >= 0.6 is 26.6 Å². The summed E-state index contributed by atoms with van der Waals surface area (Å²) in [5.41, 5.74) is 0.926. The summed E-state index contributed by atoms with van der Waals surface area (Å²) in [4.78, 5) is 2.06. The molecular weight excluding hydrogens is 338 g/mol. The van der Waals surface area contributed by atoms with Gasteiger partial charge < -0.3 is 4.90 Å². The summed E-state index contributed by atoms with van der Waals surface area (Å²) in [5, 5.41) is 1.47. The number of halogens is 2. The first-order valence-corrected chi connectivity index (χ1v) is 8.26. The number of hydrogen-bond donors (Lipinski definition) is 0. The van der Waals surface area contributed by atoms with Crippen molar-refractivity contribution in [1.82, 2.24) is 0 Å². The highest BCUT2D eigenvalue weighted by atomic mass is 79.9. The van der Waals surface area contributed by atoms with Crippen LogP contribution in [-0.4, -0.2) is 22.5 Å². The maximum atomic E-state index is 11.6. The zero-order valence-corrected chi connectivity index (χ0v) is 13.0. The summed E-state index contributed by atoms with van der Waals surface area (Å²) < 4.78 is 24.0. The van der Waals surface area contributed by atoms with Crippen molar-refractivity contribution in [2.75, 3.05) is 19.0 Å². The van der Waals surface area contributed by atoms with Crippen LogP contribution in [0.15, 0.2) is 39.7 Å². The van der Waals surface area contributed by atoms with Crippen LogP contribution in [0.3, 0.4) is 0 Å². The van der Waals surface area contributed by atoms with Gasteiger partial charge in [0.1, 0.15) is 0 Å². The smallest absolute Gasteiger partial charge is 0.261 e. The second-order valence-electron chi connectivity index (χ2n) is 4.08. The number of anilines is 1. The molecule has 0 unspecified atom stereocenters. The van der Waals surface area contributed by atoms with E-state index in [1.165, 1.54) is 6.07 Å². The van der Waals surface area contributed by atoms with Crippen molar-refractivity contribution >= 4 is 52.1 Å². The third-order valence-corrected chi connectivity index (χ3v) is 4.67. The lowest BCUT2D eigenvalue weighted by atomic mass is 10.1. The minimum absolute atomic E-state index is 0.136. The normalized spacial score (nSPS) is 11.8. The molecule has 2 aromatic rings. The Kier molecular flexibility index (Phi) is 3.58. The van der Waals surface area contributed by atoms with Crippen molar-refractivity contribution in [1.29, 1.82) is 0 Å². The SMILES string of the molecule is CN(C)c1c(Br)ccc2c(S(=O)(=O)Cl)cccc12. The van der Waals surface area contributed by atoms with E-state index in [4.69, 9.17) is 10.7 Å². The molecule has 18 heavy (non-hydrogen) atoms. The summed E-state index contributed by atoms with van der Waals surface area (Å²) in [6.45, 7) is 0. The first-order chi connectivity index (χ1) is 8.32. The Bertz CT molecular complexity index is 713. The summed E-state index contributed by atoms with van der Waals surface area (Å²) in [7, 11) is 5.52. The van der Waals surface area contributed by atoms with Crippen LogP contribution in [0.5, 0.6) is 0 Å². The van der Waals surface area contributed by atoms with Gasteiger partial charge in [0.05, 0.1) is 10.6 Å². The van der Waals surface area contributed by atoms with Crippen molar-refractivity contribution in [3.8, 4) is 0 Å². The largest absolute Gasteiger partial charge is 0.376 e. The Labute approximate surface area is 119 Å². The van der Waals surface area contributed by atoms with E-state index in [9.17, 15) is 8.42 Å². The number of nitrogens with zero attached hydrogens (tertiary/aromatic N) is 1. The van der Waals surface area contributed by atoms with Gasteiger partial charge in [-0.1, -0.05) is 18.2 Å². The Balaban J connectivity index is 2.95. The summed E-state index contributed by atoms with van der Waals surface area (Å²) >= 11 is 3.47. The van der Waals surface area contributed by atoms with E-state index in [0.29, 0.717) is 5.39 Å². The predicted octanol–water partition coefficient (Wildman–Crippen LogP) is 3.60. The molecule has 0 atom stereocenters. The molecule has 0 amide bonds. The van der Waals surface area contributed by atoms with Crippen LogP contribution in [0.2, 0.25) is 0 Å². The molecule has 0 aliphatic carbocycles. The molecule has 0 spiro atoms. The summed E-state index contributed by atoms with van der Waals surface area (Å²) in [6, 6.07) is 8.65. The average molecular weight is 349 g/mol. The maximum Gasteiger partial charge on any atom is 0.261 e. The quantitative estimate of drug-likeness (QED) is 0.778. The molecule has 3 nitrogen and oxygen atoms in total. The average Bonchev–Trinajstić information content (AvgIpc) is 2.25. The van der Waals surface area contributed by atoms with Crippen molar-refractivity contribution in [2.24, 2.45) is 0 Å². The molecule has 0 aliphatic rings. The predicted molar refractivity (Wildman–Crippen MR) is 79.0 cm³/mol. The lowest BCUT2D eigenvalue weighted by Gasteiger charge is -2.18. The van der Waals surface area contributed by atoms with E-state index in [-0.39, 0.29) is 4.90 Å². The summed E-state index contributed by atoms with van der Waals surface area (Å²) in [6.07, 6.45) is 0. The van der Waals surface area contributed by atoms with Crippen LogP contribution in [0.25, 0.3) is 10.8 Å². The van der Waals surface area contributed by atoms with Crippen LogP contribution in [0.4, 0.5) is 5.69 Å². The highest BCUT2D eigenvalue weighted by molar-refractivity contribution is 9.10. The van der Waals surface area contributed by atoms with Gasteiger partial charge >= 0.3 is 0 Å².